The van der Waals surface area contributed by atoms with Crippen LogP contribution < -0.4 is 9.47 Å². The Kier molecular flexibility index (Phi) is 4.52. The van der Waals surface area contributed by atoms with Crippen molar-refractivity contribution in [3.8, 4) is 17.2 Å². The van der Waals surface area contributed by atoms with Crippen LogP contribution in [0.5, 0.6) is 17.2 Å². The fourth-order valence-electron chi connectivity index (χ4n) is 1.69. The first-order valence-electron chi connectivity index (χ1n) is 6.16. The predicted molar refractivity (Wildman–Crippen MR) is 78.5 cm³/mol. The fourth-order valence-corrected chi connectivity index (χ4v) is 1.69. The largest absolute Gasteiger partial charge is 0.505 e. The molecule has 2 aromatic rings. The van der Waals surface area contributed by atoms with Crippen LogP contribution in [-0.4, -0.2) is 24.2 Å². The Morgan fingerprint density at radius 2 is 1.77 bits per heavy atom. The lowest BCUT2D eigenvalue weighted by atomic mass is 10.2. The number of rotatable bonds is 5. The molecular weight excluding hydrogens is 290 g/mol. The van der Waals surface area contributed by atoms with Gasteiger partial charge in [0.15, 0.2) is 17.2 Å². The van der Waals surface area contributed by atoms with Gasteiger partial charge < -0.3 is 14.6 Å². The van der Waals surface area contributed by atoms with Crippen LogP contribution in [0.4, 0.5) is 17.1 Å². The summed E-state index contributed by atoms with van der Waals surface area (Å²) >= 11 is 0. The van der Waals surface area contributed by atoms with Gasteiger partial charge in [0.1, 0.15) is 5.75 Å². The number of benzene rings is 2. The van der Waals surface area contributed by atoms with E-state index in [-0.39, 0.29) is 17.1 Å². The van der Waals surface area contributed by atoms with E-state index in [2.05, 4.69) is 10.2 Å². The Hall–Kier alpha value is -3.16. The van der Waals surface area contributed by atoms with E-state index >= 15 is 0 Å². The second-order valence-corrected chi connectivity index (χ2v) is 4.17. The minimum Gasteiger partial charge on any atom is -0.505 e. The summed E-state index contributed by atoms with van der Waals surface area (Å²) in [7, 11) is 2.89. The highest BCUT2D eigenvalue weighted by Gasteiger charge is 2.11. The Balaban J connectivity index is 2.31. The number of phenolic OH excluding ortho intramolecular Hbond substituents is 1. The summed E-state index contributed by atoms with van der Waals surface area (Å²) in [6.07, 6.45) is 0. The number of aromatic hydroxyl groups is 1. The van der Waals surface area contributed by atoms with E-state index in [1.54, 1.807) is 6.07 Å². The smallest absolute Gasteiger partial charge is 0.269 e. The SMILES string of the molecule is COc1cc(O)c(N=Nc2ccc([N+](=O)[O-])cc2)c(OC)c1. The molecule has 0 unspecified atom stereocenters. The maximum atomic E-state index is 10.6. The molecule has 114 valence electrons. The lowest BCUT2D eigenvalue weighted by Crippen LogP contribution is -1.87. The average Bonchev–Trinajstić information content (AvgIpc) is 2.53. The third-order valence-electron chi connectivity index (χ3n) is 2.81. The number of methoxy groups -OCH3 is 2. The Labute approximate surface area is 125 Å². The van der Waals surface area contributed by atoms with Gasteiger partial charge in [-0.1, -0.05) is 0 Å². The molecular formula is C14H13N3O5. The first kappa shape index (κ1) is 15.2. The van der Waals surface area contributed by atoms with Gasteiger partial charge >= 0.3 is 0 Å². The number of non-ortho nitro benzene ring substituents is 1. The van der Waals surface area contributed by atoms with Gasteiger partial charge in [-0.25, -0.2) is 0 Å². The summed E-state index contributed by atoms with van der Waals surface area (Å²) in [5.41, 5.74) is 0.508. The van der Waals surface area contributed by atoms with Crippen molar-refractivity contribution in [1.82, 2.24) is 0 Å². The second-order valence-electron chi connectivity index (χ2n) is 4.17. The molecule has 0 bridgehead atoms. The van der Waals surface area contributed by atoms with Gasteiger partial charge in [-0.15, -0.1) is 5.11 Å². The van der Waals surface area contributed by atoms with Crippen LogP contribution in [0.1, 0.15) is 0 Å². The van der Waals surface area contributed by atoms with Crippen molar-refractivity contribution in [3.63, 3.8) is 0 Å². The van der Waals surface area contributed by atoms with Crippen molar-refractivity contribution in [1.29, 1.82) is 0 Å². The number of nitro benzene ring substituents is 1. The standard InChI is InChI=1S/C14H13N3O5/c1-21-11-7-12(18)14(13(8-11)22-2)16-15-9-3-5-10(6-4-9)17(19)20/h3-8,18H,1-2H3. The number of nitrogens with zero attached hydrogens (tertiary/aromatic N) is 3. The van der Waals surface area contributed by atoms with E-state index < -0.39 is 4.92 Å². The molecule has 2 rings (SSSR count). The fraction of sp³-hybridized carbons (Fsp3) is 0.143. The van der Waals surface area contributed by atoms with Crippen LogP contribution in [0.3, 0.4) is 0 Å². The minimum absolute atomic E-state index is 0.0381. The molecule has 2 aromatic carbocycles. The molecule has 0 saturated carbocycles. The van der Waals surface area contributed by atoms with E-state index in [1.807, 2.05) is 0 Å². The molecule has 0 spiro atoms. The number of hydrogen-bond acceptors (Lipinski definition) is 7. The molecule has 22 heavy (non-hydrogen) atoms. The van der Waals surface area contributed by atoms with Crippen LogP contribution in [0.25, 0.3) is 0 Å². The molecule has 8 nitrogen and oxygen atoms in total. The lowest BCUT2D eigenvalue weighted by molar-refractivity contribution is -0.384. The highest BCUT2D eigenvalue weighted by atomic mass is 16.6. The van der Waals surface area contributed by atoms with E-state index in [0.717, 1.165) is 0 Å². The maximum absolute atomic E-state index is 10.6. The van der Waals surface area contributed by atoms with Gasteiger partial charge in [0, 0.05) is 24.3 Å². The highest BCUT2D eigenvalue weighted by Crippen LogP contribution is 2.41. The summed E-state index contributed by atoms with van der Waals surface area (Å²) in [4.78, 5) is 10.1. The molecule has 0 aliphatic rings. The topological polar surface area (TPSA) is 107 Å². The summed E-state index contributed by atoms with van der Waals surface area (Å²) in [5.74, 6) is 0.563. The third-order valence-corrected chi connectivity index (χ3v) is 2.81. The van der Waals surface area contributed by atoms with Gasteiger partial charge in [0.05, 0.1) is 24.8 Å². The number of ether oxygens (including phenoxy) is 2. The Bertz CT molecular complexity index is 713. The molecule has 0 saturated heterocycles. The Morgan fingerprint density at radius 3 is 2.32 bits per heavy atom. The number of phenols is 1. The van der Waals surface area contributed by atoms with Gasteiger partial charge in [-0.05, 0) is 12.1 Å². The third kappa shape index (κ3) is 3.29. The first-order chi connectivity index (χ1) is 10.5. The van der Waals surface area contributed by atoms with Crippen LogP contribution in [0.15, 0.2) is 46.6 Å². The van der Waals surface area contributed by atoms with Crippen LogP contribution in [0.2, 0.25) is 0 Å². The predicted octanol–water partition coefficient (Wildman–Crippen LogP) is 3.73. The zero-order valence-electron chi connectivity index (χ0n) is 11.9. The monoisotopic (exact) mass is 303 g/mol. The lowest BCUT2D eigenvalue weighted by Gasteiger charge is -2.08. The van der Waals surface area contributed by atoms with Crippen molar-refractivity contribution in [2.45, 2.75) is 0 Å². The molecule has 0 heterocycles. The Morgan fingerprint density at radius 1 is 1.09 bits per heavy atom. The molecule has 0 aromatic heterocycles. The molecule has 0 aliphatic heterocycles. The summed E-state index contributed by atoms with van der Waals surface area (Å²) in [6, 6.07) is 8.49. The van der Waals surface area contributed by atoms with Crippen molar-refractivity contribution in [3.05, 3.63) is 46.5 Å². The molecule has 0 radical (unpaired) electrons. The van der Waals surface area contributed by atoms with Crippen molar-refractivity contribution < 1.29 is 19.5 Å². The minimum atomic E-state index is -0.501. The summed E-state index contributed by atoms with van der Waals surface area (Å²) in [5, 5.41) is 28.3. The highest BCUT2D eigenvalue weighted by molar-refractivity contribution is 5.64. The molecule has 0 amide bonds. The average molecular weight is 303 g/mol. The van der Waals surface area contributed by atoms with Crippen LogP contribution in [0, 0.1) is 10.1 Å². The summed E-state index contributed by atoms with van der Waals surface area (Å²) in [6.45, 7) is 0. The molecule has 0 atom stereocenters. The van der Waals surface area contributed by atoms with Crippen molar-refractivity contribution in [2.75, 3.05) is 14.2 Å². The van der Waals surface area contributed by atoms with Crippen LogP contribution >= 0.6 is 0 Å². The van der Waals surface area contributed by atoms with Crippen LogP contribution in [-0.2, 0) is 0 Å². The van der Waals surface area contributed by atoms with E-state index in [4.69, 9.17) is 9.47 Å². The van der Waals surface area contributed by atoms with Crippen molar-refractivity contribution in [2.24, 2.45) is 10.2 Å². The van der Waals surface area contributed by atoms with E-state index in [0.29, 0.717) is 17.2 Å². The molecule has 1 N–H and O–H groups in total. The zero-order valence-corrected chi connectivity index (χ0v) is 11.9. The van der Waals surface area contributed by atoms with E-state index in [9.17, 15) is 15.2 Å². The second kappa shape index (κ2) is 6.53. The number of hydrogen-bond donors (Lipinski definition) is 1. The van der Waals surface area contributed by atoms with Gasteiger partial charge in [-0.2, -0.15) is 5.11 Å². The number of nitro groups is 1. The quantitative estimate of drug-likeness (QED) is 0.514. The van der Waals surface area contributed by atoms with E-state index in [1.165, 1.54) is 44.6 Å². The van der Waals surface area contributed by atoms with Gasteiger partial charge in [-0.3, -0.25) is 10.1 Å². The molecule has 8 heteroatoms. The molecule has 0 aliphatic carbocycles. The molecule has 0 fully saturated rings. The van der Waals surface area contributed by atoms with Crippen molar-refractivity contribution >= 4 is 17.1 Å². The normalized spacial score (nSPS) is 10.6. The number of azo groups is 1. The van der Waals surface area contributed by atoms with Gasteiger partial charge in [0.25, 0.3) is 5.69 Å². The maximum Gasteiger partial charge on any atom is 0.269 e. The summed E-state index contributed by atoms with van der Waals surface area (Å²) < 4.78 is 10.1. The first-order valence-corrected chi connectivity index (χ1v) is 6.16. The van der Waals surface area contributed by atoms with Gasteiger partial charge in [0.2, 0.25) is 0 Å². The zero-order chi connectivity index (χ0) is 16.1.